The van der Waals surface area contributed by atoms with Crippen LogP contribution in [0.25, 0.3) is 11.0 Å². The van der Waals surface area contributed by atoms with Gasteiger partial charge in [0.15, 0.2) is 0 Å². The van der Waals surface area contributed by atoms with Gasteiger partial charge in [0.25, 0.3) is 0 Å². The molecule has 0 spiro atoms. The van der Waals surface area contributed by atoms with E-state index in [0.717, 1.165) is 24.4 Å². The highest BCUT2D eigenvalue weighted by Crippen LogP contribution is 2.29. The first kappa shape index (κ1) is 14.1. The van der Waals surface area contributed by atoms with Crippen LogP contribution in [0.4, 0.5) is 0 Å². The number of furan rings is 1. The van der Waals surface area contributed by atoms with Crippen molar-refractivity contribution in [2.24, 2.45) is 0 Å². The lowest BCUT2D eigenvalue weighted by Gasteiger charge is -2.18. The first-order chi connectivity index (χ1) is 9.13. The Balaban J connectivity index is 2.12. The van der Waals surface area contributed by atoms with Crippen molar-refractivity contribution in [3.8, 4) is 0 Å². The van der Waals surface area contributed by atoms with Gasteiger partial charge in [-0.3, -0.25) is 0 Å². The van der Waals surface area contributed by atoms with Crippen LogP contribution >= 0.6 is 0 Å². The van der Waals surface area contributed by atoms with E-state index in [1.54, 1.807) is 7.11 Å². The molecule has 1 aromatic carbocycles. The van der Waals surface area contributed by atoms with Crippen molar-refractivity contribution < 1.29 is 9.15 Å². The number of fused-ring (bicyclic) bond motifs is 1. The molecular formula is C16H23NO2. The number of aryl methyl sites for hydroxylation is 1. The zero-order chi connectivity index (χ0) is 13.8. The van der Waals surface area contributed by atoms with Gasteiger partial charge in [-0.15, -0.1) is 0 Å². The molecule has 1 heterocycles. The maximum absolute atomic E-state index is 5.97. The van der Waals surface area contributed by atoms with Gasteiger partial charge in [0, 0.05) is 25.1 Å². The van der Waals surface area contributed by atoms with Crippen LogP contribution < -0.4 is 5.32 Å². The summed E-state index contributed by atoms with van der Waals surface area (Å²) in [5.41, 5.74) is 2.20. The SMILES string of the molecule is COCCC(C)NC(C)c1oc2ccccc2c1C. The van der Waals surface area contributed by atoms with Crippen LogP contribution in [0.3, 0.4) is 0 Å². The second kappa shape index (κ2) is 6.22. The molecule has 1 N–H and O–H groups in total. The van der Waals surface area contributed by atoms with E-state index in [4.69, 9.17) is 9.15 Å². The van der Waals surface area contributed by atoms with E-state index in [0.29, 0.717) is 6.04 Å². The van der Waals surface area contributed by atoms with Crippen molar-refractivity contribution in [2.45, 2.75) is 39.3 Å². The fourth-order valence-corrected chi connectivity index (χ4v) is 2.49. The Labute approximate surface area is 114 Å². The van der Waals surface area contributed by atoms with Gasteiger partial charge >= 0.3 is 0 Å². The van der Waals surface area contributed by atoms with Gasteiger partial charge in [0.1, 0.15) is 11.3 Å². The summed E-state index contributed by atoms with van der Waals surface area (Å²) in [6.07, 6.45) is 1.00. The van der Waals surface area contributed by atoms with Gasteiger partial charge in [0.2, 0.25) is 0 Å². The number of rotatable bonds is 6. The maximum Gasteiger partial charge on any atom is 0.134 e. The molecule has 0 amide bonds. The molecule has 0 saturated heterocycles. The van der Waals surface area contributed by atoms with Crippen molar-refractivity contribution in [3.63, 3.8) is 0 Å². The Morgan fingerprint density at radius 1 is 1.26 bits per heavy atom. The summed E-state index contributed by atoms with van der Waals surface area (Å²) in [6.45, 7) is 7.22. The van der Waals surface area contributed by atoms with Crippen LogP contribution in [0, 0.1) is 6.92 Å². The largest absolute Gasteiger partial charge is 0.459 e. The first-order valence-electron chi connectivity index (χ1n) is 6.86. The Bertz CT molecular complexity index is 533. The van der Waals surface area contributed by atoms with E-state index < -0.39 is 0 Å². The standard InChI is InChI=1S/C16H23NO2/c1-11(9-10-18-4)17-13(3)16-12(2)14-7-5-6-8-15(14)19-16/h5-8,11,13,17H,9-10H2,1-4H3. The molecule has 104 valence electrons. The van der Waals surface area contributed by atoms with Crippen LogP contribution in [0.5, 0.6) is 0 Å². The van der Waals surface area contributed by atoms with Crippen LogP contribution in [0.15, 0.2) is 28.7 Å². The number of hydrogen-bond acceptors (Lipinski definition) is 3. The van der Waals surface area contributed by atoms with Gasteiger partial charge < -0.3 is 14.5 Å². The molecule has 1 aromatic heterocycles. The van der Waals surface area contributed by atoms with Crippen LogP contribution in [-0.2, 0) is 4.74 Å². The van der Waals surface area contributed by atoms with Gasteiger partial charge in [-0.2, -0.15) is 0 Å². The number of para-hydroxylation sites is 1. The summed E-state index contributed by atoms with van der Waals surface area (Å²) < 4.78 is 11.1. The van der Waals surface area contributed by atoms with Gasteiger partial charge in [-0.05, 0) is 38.8 Å². The number of methoxy groups -OCH3 is 1. The second-order valence-electron chi connectivity index (χ2n) is 5.16. The van der Waals surface area contributed by atoms with Gasteiger partial charge in [-0.25, -0.2) is 0 Å². The summed E-state index contributed by atoms with van der Waals surface area (Å²) in [5.74, 6) is 1.03. The Hall–Kier alpha value is -1.32. The summed E-state index contributed by atoms with van der Waals surface area (Å²) in [7, 11) is 1.74. The molecule has 19 heavy (non-hydrogen) atoms. The Kier molecular flexibility index (Phi) is 4.61. The van der Waals surface area contributed by atoms with E-state index in [1.807, 2.05) is 18.2 Å². The third-order valence-electron chi connectivity index (χ3n) is 3.56. The number of ether oxygens (including phenoxy) is 1. The highest BCUT2D eigenvalue weighted by molar-refractivity contribution is 5.82. The minimum absolute atomic E-state index is 0.208. The molecule has 0 aliphatic heterocycles. The number of hydrogen-bond donors (Lipinski definition) is 1. The van der Waals surface area contributed by atoms with Crippen LogP contribution in [-0.4, -0.2) is 19.8 Å². The molecule has 2 aromatic rings. The average molecular weight is 261 g/mol. The molecule has 0 saturated carbocycles. The summed E-state index contributed by atoms with van der Waals surface area (Å²) in [5, 5.41) is 4.76. The van der Waals surface area contributed by atoms with E-state index in [2.05, 4.69) is 32.2 Å². The Morgan fingerprint density at radius 3 is 2.68 bits per heavy atom. The smallest absolute Gasteiger partial charge is 0.134 e. The first-order valence-corrected chi connectivity index (χ1v) is 6.86. The summed E-state index contributed by atoms with van der Waals surface area (Å²) in [6, 6.07) is 8.80. The molecule has 3 nitrogen and oxygen atoms in total. The molecular weight excluding hydrogens is 238 g/mol. The molecule has 2 unspecified atom stereocenters. The van der Waals surface area contributed by atoms with E-state index >= 15 is 0 Å². The lowest BCUT2D eigenvalue weighted by molar-refractivity contribution is 0.182. The fourth-order valence-electron chi connectivity index (χ4n) is 2.49. The van der Waals surface area contributed by atoms with Gasteiger partial charge in [-0.1, -0.05) is 18.2 Å². The maximum atomic E-state index is 5.97. The van der Waals surface area contributed by atoms with Crippen molar-refractivity contribution in [1.82, 2.24) is 5.32 Å². The lowest BCUT2D eigenvalue weighted by atomic mass is 10.1. The molecule has 0 radical (unpaired) electrons. The molecule has 2 rings (SSSR count). The zero-order valence-electron chi connectivity index (χ0n) is 12.2. The zero-order valence-corrected chi connectivity index (χ0v) is 12.2. The third kappa shape index (κ3) is 3.17. The molecule has 0 fully saturated rings. The van der Waals surface area contributed by atoms with Gasteiger partial charge in [0.05, 0.1) is 6.04 Å². The third-order valence-corrected chi connectivity index (χ3v) is 3.56. The topological polar surface area (TPSA) is 34.4 Å². The highest BCUT2D eigenvalue weighted by atomic mass is 16.5. The fraction of sp³-hybridized carbons (Fsp3) is 0.500. The summed E-state index contributed by atoms with van der Waals surface area (Å²) in [4.78, 5) is 0. The van der Waals surface area contributed by atoms with E-state index in [9.17, 15) is 0 Å². The van der Waals surface area contributed by atoms with Crippen molar-refractivity contribution in [2.75, 3.05) is 13.7 Å². The normalized spacial score (nSPS) is 14.7. The monoisotopic (exact) mass is 261 g/mol. The number of benzene rings is 1. The predicted octanol–water partition coefficient (Wildman–Crippen LogP) is 3.82. The molecule has 0 aliphatic carbocycles. The van der Waals surface area contributed by atoms with Crippen LogP contribution in [0.1, 0.15) is 37.6 Å². The highest BCUT2D eigenvalue weighted by Gasteiger charge is 2.17. The Morgan fingerprint density at radius 2 is 2.00 bits per heavy atom. The van der Waals surface area contributed by atoms with E-state index in [1.165, 1.54) is 10.9 Å². The van der Waals surface area contributed by atoms with Crippen molar-refractivity contribution in [1.29, 1.82) is 0 Å². The molecule has 2 atom stereocenters. The molecule has 0 bridgehead atoms. The molecule has 0 aliphatic rings. The van der Waals surface area contributed by atoms with Crippen molar-refractivity contribution in [3.05, 3.63) is 35.6 Å². The average Bonchev–Trinajstić information content (AvgIpc) is 2.74. The number of nitrogens with one attached hydrogen (secondary N) is 1. The minimum atomic E-state index is 0.208. The second-order valence-corrected chi connectivity index (χ2v) is 5.16. The molecule has 3 heteroatoms. The lowest BCUT2D eigenvalue weighted by Crippen LogP contribution is -2.30. The quantitative estimate of drug-likeness (QED) is 0.858. The summed E-state index contributed by atoms with van der Waals surface area (Å²) >= 11 is 0. The van der Waals surface area contributed by atoms with Crippen LogP contribution in [0.2, 0.25) is 0 Å². The van der Waals surface area contributed by atoms with Crippen molar-refractivity contribution >= 4 is 11.0 Å². The van der Waals surface area contributed by atoms with E-state index in [-0.39, 0.29) is 6.04 Å². The predicted molar refractivity (Wildman–Crippen MR) is 78.5 cm³/mol. The minimum Gasteiger partial charge on any atom is -0.459 e.